The molecule has 0 aliphatic carbocycles. The molecule has 140 valence electrons. The van der Waals surface area contributed by atoms with Crippen LogP contribution >= 0.6 is 11.3 Å². The average molecular weight is 403 g/mol. The van der Waals surface area contributed by atoms with Gasteiger partial charge in [-0.05, 0) is 36.4 Å². The van der Waals surface area contributed by atoms with Gasteiger partial charge in [0.25, 0.3) is 5.91 Å². The van der Waals surface area contributed by atoms with Gasteiger partial charge in [0.05, 0.1) is 17.7 Å². The number of methoxy groups -OCH3 is 1. The maximum atomic E-state index is 12.4. The van der Waals surface area contributed by atoms with Crippen LogP contribution < -0.4 is 15.4 Å². The Bertz CT molecular complexity index is 1060. The molecule has 0 unspecified atom stereocenters. The Morgan fingerprint density at radius 2 is 1.81 bits per heavy atom. The molecule has 1 amide bonds. The number of nitrogens with one attached hydrogen (secondary N) is 2. The van der Waals surface area contributed by atoms with Crippen LogP contribution in [0.2, 0.25) is 0 Å². The largest absolute Gasteiger partial charge is 0.495 e. The number of benzene rings is 2. The first-order chi connectivity index (χ1) is 12.9. The number of thiazole rings is 1. The summed E-state index contributed by atoms with van der Waals surface area (Å²) in [6.45, 7) is 0. The van der Waals surface area contributed by atoms with Gasteiger partial charge in [-0.2, -0.15) is 0 Å². The predicted octanol–water partition coefficient (Wildman–Crippen LogP) is 3.55. The van der Waals surface area contributed by atoms with E-state index in [0.29, 0.717) is 22.3 Å². The monoisotopic (exact) mass is 403 g/mol. The molecule has 0 saturated carbocycles. The van der Waals surface area contributed by atoms with Crippen molar-refractivity contribution in [2.24, 2.45) is 0 Å². The number of nitrogens with zero attached hydrogens (tertiary/aromatic N) is 1. The molecule has 0 fully saturated rings. The highest BCUT2D eigenvalue weighted by Gasteiger charge is 2.13. The highest BCUT2D eigenvalue weighted by atomic mass is 32.2. The van der Waals surface area contributed by atoms with E-state index >= 15 is 0 Å². The van der Waals surface area contributed by atoms with Crippen molar-refractivity contribution in [1.82, 2.24) is 4.98 Å². The summed E-state index contributed by atoms with van der Waals surface area (Å²) in [6.07, 6.45) is 1.16. The Balaban J connectivity index is 1.70. The van der Waals surface area contributed by atoms with Crippen LogP contribution in [0.1, 0.15) is 10.5 Å². The SMILES string of the molecule is COc1ccccc1NC(=O)c1csc(Nc2ccc(S(C)(=O)=O)cc2)n1. The number of sulfone groups is 1. The lowest BCUT2D eigenvalue weighted by Gasteiger charge is -2.08. The van der Waals surface area contributed by atoms with Crippen LogP contribution in [-0.2, 0) is 9.84 Å². The van der Waals surface area contributed by atoms with Gasteiger partial charge in [-0.1, -0.05) is 12.1 Å². The lowest BCUT2D eigenvalue weighted by Crippen LogP contribution is -2.13. The van der Waals surface area contributed by atoms with Gasteiger partial charge in [0.15, 0.2) is 15.0 Å². The number of hydrogen-bond acceptors (Lipinski definition) is 7. The van der Waals surface area contributed by atoms with Gasteiger partial charge < -0.3 is 15.4 Å². The van der Waals surface area contributed by atoms with E-state index < -0.39 is 9.84 Å². The molecule has 0 saturated heterocycles. The fourth-order valence-corrected chi connectivity index (χ4v) is 3.62. The van der Waals surface area contributed by atoms with Crippen LogP contribution in [0.3, 0.4) is 0 Å². The van der Waals surface area contributed by atoms with Crippen LogP contribution in [0.25, 0.3) is 0 Å². The zero-order chi connectivity index (χ0) is 19.4. The number of hydrogen-bond donors (Lipinski definition) is 2. The molecule has 7 nitrogen and oxygen atoms in total. The van der Waals surface area contributed by atoms with Crippen molar-refractivity contribution in [1.29, 1.82) is 0 Å². The highest BCUT2D eigenvalue weighted by Crippen LogP contribution is 2.25. The van der Waals surface area contributed by atoms with Crippen molar-refractivity contribution in [3.8, 4) is 5.75 Å². The molecular weight excluding hydrogens is 386 g/mol. The first-order valence-electron chi connectivity index (χ1n) is 7.84. The van der Waals surface area contributed by atoms with Crippen molar-refractivity contribution >= 4 is 43.6 Å². The minimum absolute atomic E-state index is 0.240. The smallest absolute Gasteiger partial charge is 0.275 e. The zero-order valence-corrected chi connectivity index (χ0v) is 16.2. The van der Waals surface area contributed by atoms with E-state index in [1.54, 1.807) is 35.7 Å². The van der Waals surface area contributed by atoms with E-state index in [0.717, 1.165) is 6.26 Å². The molecule has 0 aliphatic heterocycles. The first kappa shape index (κ1) is 18.9. The summed E-state index contributed by atoms with van der Waals surface area (Å²) in [5.74, 6) is 0.210. The second kappa shape index (κ2) is 7.77. The van der Waals surface area contributed by atoms with Crippen molar-refractivity contribution in [3.05, 3.63) is 59.6 Å². The number of ether oxygens (including phenoxy) is 1. The molecule has 0 radical (unpaired) electrons. The summed E-state index contributed by atoms with van der Waals surface area (Å²) in [7, 11) is -1.71. The molecule has 1 heterocycles. The third kappa shape index (κ3) is 4.63. The number of carbonyl (C=O) groups is 1. The quantitative estimate of drug-likeness (QED) is 0.653. The Labute approximate surface area is 161 Å². The molecule has 9 heteroatoms. The minimum Gasteiger partial charge on any atom is -0.495 e. The molecule has 2 aromatic carbocycles. The lowest BCUT2D eigenvalue weighted by molar-refractivity contribution is 0.102. The van der Waals surface area contributed by atoms with E-state index in [1.165, 1.54) is 30.6 Å². The van der Waals surface area contributed by atoms with Gasteiger partial charge in [0, 0.05) is 17.3 Å². The summed E-state index contributed by atoms with van der Waals surface area (Å²) in [5, 5.41) is 7.97. The first-order valence-corrected chi connectivity index (χ1v) is 10.6. The van der Waals surface area contributed by atoms with E-state index in [1.807, 2.05) is 6.07 Å². The van der Waals surface area contributed by atoms with E-state index in [9.17, 15) is 13.2 Å². The second-order valence-electron chi connectivity index (χ2n) is 5.61. The van der Waals surface area contributed by atoms with Gasteiger partial charge in [0.1, 0.15) is 11.4 Å². The Morgan fingerprint density at radius 3 is 2.48 bits per heavy atom. The molecule has 3 rings (SSSR count). The maximum absolute atomic E-state index is 12.4. The standard InChI is InChI=1S/C18H17N3O4S2/c1-25-16-6-4-3-5-14(16)20-17(22)15-11-26-18(21-15)19-12-7-9-13(10-8-12)27(2,23)24/h3-11H,1-2H3,(H,19,21)(H,20,22). The van der Waals surface area contributed by atoms with E-state index in [-0.39, 0.29) is 16.5 Å². The van der Waals surface area contributed by atoms with Gasteiger partial charge in [-0.15, -0.1) is 11.3 Å². The van der Waals surface area contributed by atoms with E-state index in [4.69, 9.17) is 4.74 Å². The van der Waals surface area contributed by atoms with Crippen LogP contribution in [0, 0.1) is 0 Å². The van der Waals surface area contributed by atoms with Crippen LogP contribution in [0.4, 0.5) is 16.5 Å². The second-order valence-corrected chi connectivity index (χ2v) is 8.49. The number of rotatable bonds is 6. The minimum atomic E-state index is -3.24. The summed E-state index contributed by atoms with van der Waals surface area (Å²) in [6, 6.07) is 13.4. The number of aromatic nitrogens is 1. The highest BCUT2D eigenvalue weighted by molar-refractivity contribution is 7.90. The molecule has 3 aromatic rings. The third-order valence-corrected chi connectivity index (χ3v) is 5.51. The zero-order valence-electron chi connectivity index (χ0n) is 14.6. The summed E-state index contributed by atoms with van der Waals surface area (Å²) in [5.41, 5.74) is 1.50. The van der Waals surface area contributed by atoms with Crippen molar-refractivity contribution in [3.63, 3.8) is 0 Å². The summed E-state index contributed by atoms with van der Waals surface area (Å²) in [4.78, 5) is 16.9. The maximum Gasteiger partial charge on any atom is 0.275 e. The van der Waals surface area contributed by atoms with Gasteiger partial charge >= 0.3 is 0 Å². The Hall–Kier alpha value is -2.91. The fourth-order valence-electron chi connectivity index (χ4n) is 2.28. The average Bonchev–Trinajstić information content (AvgIpc) is 3.10. The van der Waals surface area contributed by atoms with Crippen LogP contribution in [0.15, 0.2) is 58.8 Å². The molecule has 0 aliphatic rings. The number of para-hydroxylation sites is 2. The predicted molar refractivity (Wildman–Crippen MR) is 106 cm³/mol. The third-order valence-electron chi connectivity index (χ3n) is 3.63. The molecule has 0 spiro atoms. The summed E-state index contributed by atoms with van der Waals surface area (Å²) >= 11 is 1.27. The Morgan fingerprint density at radius 1 is 1.11 bits per heavy atom. The van der Waals surface area contributed by atoms with Gasteiger partial charge in [-0.25, -0.2) is 13.4 Å². The molecule has 2 N–H and O–H groups in total. The normalized spacial score (nSPS) is 11.0. The van der Waals surface area contributed by atoms with Crippen LogP contribution in [-0.4, -0.2) is 32.7 Å². The van der Waals surface area contributed by atoms with Crippen molar-refractivity contribution in [2.45, 2.75) is 4.90 Å². The molecule has 0 atom stereocenters. The molecule has 27 heavy (non-hydrogen) atoms. The van der Waals surface area contributed by atoms with Crippen molar-refractivity contribution < 1.29 is 17.9 Å². The Kier molecular flexibility index (Phi) is 5.43. The number of carbonyl (C=O) groups excluding carboxylic acids is 1. The fraction of sp³-hybridized carbons (Fsp3) is 0.111. The lowest BCUT2D eigenvalue weighted by atomic mass is 10.3. The number of amides is 1. The molecule has 1 aromatic heterocycles. The number of anilines is 3. The van der Waals surface area contributed by atoms with Gasteiger partial charge in [-0.3, -0.25) is 4.79 Å². The van der Waals surface area contributed by atoms with E-state index in [2.05, 4.69) is 15.6 Å². The summed E-state index contributed by atoms with van der Waals surface area (Å²) < 4.78 is 28.2. The topological polar surface area (TPSA) is 97.4 Å². The van der Waals surface area contributed by atoms with Crippen LogP contribution in [0.5, 0.6) is 5.75 Å². The molecule has 0 bridgehead atoms. The van der Waals surface area contributed by atoms with Crippen molar-refractivity contribution in [2.75, 3.05) is 24.0 Å². The molecular formula is C18H17N3O4S2. The van der Waals surface area contributed by atoms with Gasteiger partial charge in [0.2, 0.25) is 0 Å².